The number of H-pyrrole nitrogens is 1. The van der Waals surface area contributed by atoms with E-state index in [0.29, 0.717) is 6.07 Å². The first-order valence-electron chi connectivity index (χ1n) is 3.41. The second-order valence-electron chi connectivity index (χ2n) is 2.44. The van der Waals surface area contributed by atoms with Crippen LogP contribution in [0.4, 0.5) is 22.0 Å². The smallest absolute Gasteiger partial charge is 0.329 e. The number of hydrogen-bond donors (Lipinski definition) is 1. The van der Waals surface area contributed by atoms with Gasteiger partial charge < -0.3 is 4.98 Å². The number of nitrogens with one attached hydrogen (secondary N) is 1. The second-order valence-corrected chi connectivity index (χ2v) is 2.44. The van der Waals surface area contributed by atoms with Gasteiger partial charge in [-0.2, -0.15) is 13.2 Å². The van der Waals surface area contributed by atoms with Gasteiger partial charge in [0.25, 0.3) is 12.0 Å². The molecule has 14 heavy (non-hydrogen) atoms. The molecule has 0 aliphatic rings. The third-order valence-electron chi connectivity index (χ3n) is 1.51. The fourth-order valence-corrected chi connectivity index (χ4v) is 0.968. The molecule has 1 rings (SSSR count). The van der Waals surface area contributed by atoms with E-state index in [2.05, 4.69) is 0 Å². The molecule has 0 spiro atoms. The average Bonchev–Trinajstić information content (AvgIpc) is 2.01. The molecule has 0 bridgehead atoms. The number of rotatable bonds is 1. The Hall–Kier alpha value is -1.40. The van der Waals surface area contributed by atoms with Crippen LogP contribution in [0.25, 0.3) is 0 Å². The molecule has 0 atom stereocenters. The Morgan fingerprint density at radius 3 is 2.21 bits per heavy atom. The number of hydrogen-bond acceptors (Lipinski definition) is 1. The summed E-state index contributed by atoms with van der Waals surface area (Å²) in [6.45, 7) is 0. The quantitative estimate of drug-likeness (QED) is 0.713. The molecule has 0 saturated carbocycles. The van der Waals surface area contributed by atoms with Gasteiger partial charge in [-0.05, 0) is 6.07 Å². The Morgan fingerprint density at radius 2 is 1.86 bits per heavy atom. The van der Waals surface area contributed by atoms with E-state index in [-0.39, 0.29) is 0 Å². The van der Waals surface area contributed by atoms with Crippen LogP contribution in [0.5, 0.6) is 0 Å². The highest BCUT2D eigenvalue weighted by Crippen LogP contribution is 2.33. The highest BCUT2D eigenvalue weighted by molar-refractivity contribution is 5.27. The lowest BCUT2D eigenvalue weighted by atomic mass is 10.1. The van der Waals surface area contributed by atoms with Gasteiger partial charge in [-0.25, -0.2) is 8.78 Å². The van der Waals surface area contributed by atoms with Gasteiger partial charge in [-0.3, -0.25) is 4.79 Å². The van der Waals surface area contributed by atoms with E-state index in [4.69, 9.17) is 0 Å². The van der Waals surface area contributed by atoms with Gasteiger partial charge in [0.15, 0.2) is 0 Å². The average molecular weight is 213 g/mol. The van der Waals surface area contributed by atoms with Crippen molar-refractivity contribution in [2.24, 2.45) is 0 Å². The number of aromatic nitrogens is 1. The number of halogens is 5. The molecule has 1 aromatic rings. The van der Waals surface area contributed by atoms with E-state index in [1.807, 2.05) is 0 Å². The lowest BCUT2D eigenvalue weighted by Gasteiger charge is -2.09. The van der Waals surface area contributed by atoms with E-state index < -0.39 is 29.3 Å². The Balaban J connectivity index is 3.46. The fraction of sp³-hybridized carbons (Fsp3) is 0.286. The standard InChI is InChI=1S/C7H4F5NO/c8-5(9)3-1-2-13-6(14)4(3)7(10,11)12/h1-2,5H,(H,13,14). The summed E-state index contributed by atoms with van der Waals surface area (Å²) in [5.74, 6) is 0. The number of alkyl halides is 5. The number of pyridine rings is 1. The first-order chi connectivity index (χ1) is 6.34. The van der Waals surface area contributed by atoms with Crippen LogP contribution in [0.2, 0.25) is 0 Å². The Bertz CT molecular complexity index is 380. The Morgan fingerprint density at radius 1 is 1.29 bits per heavy atom. The summed E-state index contributed by atoms with van der Waals surface area (Å²) in [4.78, 5) is 12.4. The molecular formula is C7H4F5NO. The minimum Gasteiger partial charge on any atom is -0.329 e. The van der Waals surface area contributed by atoms with Crippen molar-refractivity contribution in [3.8, 4) is 0 Å². The highest BCUT2D eigenvalue weighted by Gasteiger charge is 2.38. The molecule has 0 aliphatic carbocycles. The monoisotopic (exact) mass is 213 g/mol. The van der Waals surface area contributed by atoms with Crippen molar-refractivity contribution in [1.29, 1.82) is 0 Å². The maximum Gasteiger partial charge on any atom is 0.422 e. The minimum absolute atomic E-state index is 0.537. The van der Waals surface area contributed by atoms with Gasteiger partial charge in [-0.15, -0.1) is 0 Å². The largest absolute Gasteiger partial charge is 0.422 e. The summed E-state index contributed by atoms with van der Waals surface area (Å²) < 4.78 is 60.5. The van der Waals surface area contributed by atoms with Crippen molar-refractivity contribution in [3.05, 3.63) is 33.7 Å². The summed E-state index contributed by atoms with van der Waals surface area (Å²) in [6, 6.07) is 0.537. The number of aromatic amines is 1. The van der Waals surface area contributed by atoms with Crippen LogP contribution in [-0.2, 0) is 6.18 Å². The van der Waals surface area contributed by atoms with Gasteiger partial charge in [0.2, 0.25) is 0 Å². The first-order valence-corrected chi connectivity index (χ1v) is 3.41. The zero-order valence-corrected chi connectivity index (χ0v) is 6.53. The molecular weight excluding hydrogens is 209 g/mol. The van der Waals surface area contributed by atoms with Crippen molar-refractivity contribution in [2.75, 3.05) is 0 Å². The molecule has 0 saturated heterocycles. The van der Waals surface area contributed by atoms with Crippen LogP contribution in [0.3, 0.4) is 0 Å². The molecule has 0 radical (unpaired) electrons. The molecule has 0 fully saturated rings. The molecule has 1 heterocycles. The first kappa shape index (κ1) is 10.7. The summed E-state index contributed by atoms with van der Waals surface area (Å²) in [7, 11) is 0. The summed E-state index contributed by atoms with van der Waals surface area (Å²) in [5, 5.41) is 0. The van der Waals surface area contributed by atoms with Crippen molar-refractivity contribution < 1.29 is 22.0 Å². The van der Waals surface area contributed by atoms with E-state index in [0.717, 1.165) is 6.20 Å². The Kier molecular flexibility index (Phi) is 2.59. The molecule has 1 N–H and O–H groups in total. The summed E-state index contributed by atoms with van der Waals surface area (Å²) >= 11 is 0. The van der Waals surface area contributed by atoms with Crippen LogP contribution in [0.1, 0.15) is 17.6 Å². The third-order valence-corrected chi connectivity index (χ3v) is 1.51. The SMILES string of the molecule is O=c1[nH]ccc(C(F)F)c1C(F)(F)F. The molecule has 0 unspecified atom stereocenters. The summed E-state index contributed by atoms with van der Waals surface area (Å²) in [6.07, 6.45) is -7.64. The summed E-state index contributed by atoms with van der Waals surface area (Å²) in [5.41, 5.74) is -4.70. The molecule has 1 aromatic heterocycles. The van der Waals surface area contributed by atoms with Crippen LogP contribution in [0, 0.1) is 0 Å². The molecule has 7 heteroatoms. The maximum absolute atomic E-state index is 12.1. The minimum atomic E-state index is -5.07. The van der Waals surface area contributed by atoms with E-state index >= 15 is 0 Å². The predicted octanol–water partition coefficient (Wildman–Crippen LogP) is 2.33. The van der Waals surface area contributed by atoms with Gasteiger partial charge >= 0.3 is 6.18 Å². The van der Waals surface area contributed by atoms with Crippen LogP contribution in [-0.4, -0.2) is 4.98 Å². The topological polar surface area (TPSA) is 32.9 Å². The van der Waals surface area contributed by atoms with Gasteiger partial charge in [0, 0.05) is 11.8 Å². The lowest BCUT2D eigenvalue weighted by Crippen LogP contribution is -2.23. The molecule has 0 amide bonds. The maximum atomic E-state index is 12.1. The zero-order valence-electron chi connectivity index (χ0n) is 6.53. The molecule has 2 nitrogen and oxygen atoms in total. The van der Waals surface area contributed by atoms with E-state index in [1.165, 1.54) is 0 Å². The van der Waals surface area contributed by atoms with E-state index in [1.54, 1.807) is 4.98 Å². The van der Waals surface area contributed by atoms with Gasteiger partial charge in [0.1, 0.15) is 5.56 Å². The molecule has 0 aromatic carbocycles. The zero-order chi connectivity index (χ0) is 10.9. The predicted molar refractivity (Wildman–Crippen MR) is 37.0 cm³/mol. The normalized spacial score (nSPS) is 12.1. The van der Waals surface area contributed by atoms with Crippen molar-refractivity contribution in [2.45, 2.75) is 12.6 Å². The third kappa shape index (κ3) is 1.91. The molecule has 0 aliphatic heterocycles. The lowest BCUT2D eigenvalue weighted by molar-refractivity contribution is -0.140. The van der Waals surface area contributed by atoms with Crippen LogP contribution in [0.15, 0.2) is 17.1 Å². The van der Waals surface area contributed by atoms with Crippen molar-refractivity contribution >= 4 is 0 Å². The van der Waals surface area contributed by atoms with Crippen molar-refractivity contribution in [3.63, 3.8) is 0 Å². The van der Waals surface area contributed by atoms with Gasteiger partial charge in [0.05, 0.1) is 0 Å². The fourth-order valence-electron chi connectivity index (χ4n) is 0.968. The molecule has 78 valence electrons. The Labute approximate surface area is 74.4 Å². The van der Waals surface area contributed by atoms with E-state index in [9.17, 15) is 26.7 Å². The van der Waals surface area contributed by atoms with Gasteiger partial charge in [-0.1, -0.05) is 0 Å². The van der Waals surface area contributed by atoms with Crippen LogP contribution >= 0.6 is 0 Å². The van der Waals surface area contributed by atoms with Crippen LogP contribution < -0.4 is 5.56 Å². The van der Waals surface area contributed by atoms with Crippen molar-refractivity contribution in [1.82, 2.24) is 4.98 Å². The highest BCUT2D eigenvalue weighted by atomic mass is 19.4. The second kappa shape index (κ2) is 3.39.